The Morgan fingerprint density at radius 3 is 1.07 bits per heavy atom. The first-order chi connectivity index (χ1) is 36.0. The summed E-state index contributed by atoms with van der Waals surface area (Å²) in [6, 6.07) is -0.643. The highest BCUT2D eigenvalue weighted by atomic mass is 16.5. The van der Waals surface area contributed by atoms with Gasteiger partial charge in [0, 0.05) is 12.8 Å². The number of hydrogen-bond acceptors (Lipinski definition) is 5. The Balaban J connectivity index is 3.53. The van der Waals surface area contributed by atoms with Crippen LogP contribution in [0.4, 0.5) is 0 Å². The highest BCUT2D eigenvalue weighted by Crippen LogP contribution is 2.17. The maximum Gasteiger partial charge on any atom is 0.305 e. The molecule has 0 aromatic carbocycles. The Morgan fingerprint density at radius 2 is 0.685 bits per heavy atom. The van der Waals surface area contributed by atoms with Gasteiger partial charge in [0.05, 0.1) is 25.4 Å². The van der Waals surface area contributed by atoms with E-state index in [1.165, 1.54) is 212 Å². The van der Waals surface area contributed by atoms with Crippen molar-refractivity contribution in [1.82, 2.24) is 5.32 Å². The monoisotopic (exact) mass is 1020 g/mol. The minimum Gasteiger partial charge on any atom is -0.466 e. The van der Waals surface area contributed by atoms with Crippen LogP contribution in [0.1, 0.15) is 328 Å². The third-order valence-corrected chi connectivity index (χ3v) is 14.5. The molecule has 0 spiro atoms. The summed E-state index contributed by atoms with van der Waals surface area (Å²) in [6.07, 6.45) is 81.2. The van der Waals surface area contributed by atoms with E-state index in [9.17, 15) is 19.8 Å². The molecule has 0 rings (SSSR count). The molecule has 73 heavy (non-hydrogen) atoms. The summed E-state index contributed by atoms with van der Waals surface area (Å²) in [7, 11) is 0. The number of amides is 1. The lowest BCUT2D eigenvalue weighted by Gasteiger charge is -2.20. The standard InChI is InChI=1S/C67H123NO5/c1-3-5-7-9-11-13-15-17-19-21-22-23-24-25-28-31-35-39-43-47-51-55-59-65(70)64(63-69)68-66(71)60-56-52-48-44-40-36-32-29-26-30-34-38-42-46-50-54-58-62-73-67(72)61-57-53-49-45-41-37-33-27-20-18-16-14-12-10-8-6-4-2/h12,14,18,20,26,30,38,42,55,59,64-65,69-70H,3-11,13,15-17,19,21-25,27-29,31-37,39-41,43-54,56-58,60-63H2,1-2H3,(H,68,71)/b14-12-,20-18-,30-26-,42-38-,59-55+. The lowest BCUT2D eigenvalue weighted by molar-refractivity contribution is -0.143. The van der Waals surface area contributed by atoms with E-state index in [1.54, 1.807) is 6.08 Å². The third-order valence-electron chi connectivity index (χ3n) is 14.5. The van der Waals surface area contributed by atoms with Crippen molar-refractivity contribution in [1.29, 1.82) is 0 Å². The first kappa shape index (κ1) is 70.6. The summed E-state index contributed by atoms with van der Waals surface area (Å²) in [5.74, 6) is -0.107. The summed E-state index contributed by atoms with van der Waals surface area (Å²) in [6.45, 7) is 4.84. The molecule has 0 saturated carbocycles. The van der Waals surface area contributed by atoms with Gasteiger partial charge in [0.15, 0.2) is 0 Å². The Kier molecular flexibility index (Phi) is 60.0. The molecule has 6 heteroatoms. The molecule has 1 amide bonds. The summed E-state index contributed by atoms with van der Waals surface area (Å²) >= 11 is 0. The van der Waals surface area contributed by atoms with Gasteiger partial charge in [0.25, 0.3) is 0 Å². The predicted molar refractivity (Wildman–Crippen MR) is 319 cm³/mol. The topological polar surface area (TPSA) is 95.9 Å². The first-order valence-corrected chi connectivity index (χ1v) is 32.1. The molecule has 0 aromatic heterocycles. The molecule has 0 fully saturated rings. The van der Waals surface area contributed by atoms with Gasteiger partial charge in [0.1, 0.15) is 0 Å². The Morgan fingerprint density at radius 1 is 0.384 bits per heavy atom. The van der Waals surface area contributed by atoms with Crippen molar-refractivity contribution < 1.29 is 24.5 Å². The number of unbranched alkanes of at least 4 members (excludes halogenated alkanes) is 40. The highest BCUT2D eigenvalue weighted by Gasteiger charge is 2.18. The van der Waals surface area contributed by atoms with Gasteiger partial charge in [-0.25, -0.2) is 0 Å². The summed E-state index contributed by atoms with van der Waals surface area (Å²) in [4.78, 5) is 24.6. The molecule has 426 valence electrons. The number of aliphatic hydroxyl groups is 2. The van der Waals surface area contributed by atoms with E-state index in [0.29, 0.717) is 19.4 Å². The number of carbonyl (C=O) groups is 2. The molecule has 0 aromatic rings. The second kappa shape index (κ2) is 62.1. The molecule has 2 atom stereocenters. The van der Waals surface area contributed by atoms with Gasteiger partial charge in [-0.1, -0.05) is 274 Å². The average Bonchev–Trinajstić information content (AvgIpc) is 3.39. The van der Waals surface area contributed by atoms with Crippen molar-refractivity contribution in [3.63, 3.8) is 0 Å². The van der Waals surface area contributed by atoms with Crippen LogP contribution in [0.2, 0.25) is 0 Å². The molecule has 3 N–H and O–H groups in total. The molecular weight excluding hydrogens is 899 g/mol. The van der Waals surface area contributed by atoms with Gasteiger partial charge in [0.2, 0.25) is 5.91 Å². The van der Waals surface area contributed by atoms with Crippen LogP contribution in [0.5, 0.6) is 0 Å². The van der Waals surface area contributed by atoms with Gasteiger partial charge in [-0.15, -0.1) is 0 Å². The number of nitrogens with one attached hydrogen (secondary N) is 1. The van der Waals surface area contributed by atoms with E-state index < -0.39 is 12.1 Å². The quantitative estimate of drug-likeness (QED) is 0.0320. The van der Waals surface area contributed by atoms with Crippen molar-refractivity contribution in [3.05, 3.63) is 60.8 Å². The lowest BCUT2D eigenvalue weighted by atomic mass is 10.0. The first-order valence-electron chi connectivity index (χ1n) is 32.1. The zero-order valence-corrected chi connectivity index (χ0v) is 48.6. The molecule has 0 aliphatic rings. The molecule has 0 aliphatic carbocycles. The Labute approximate surface area is 454 Å². The van der Waals surface area contributed by atoms with Gasteiger partial charge < -0.3 is 20.3 Å². The number of carbonyl (C=O) groups excluding carboxylic acids is 2. The number of rotatable bonds is 59. The van der Waals surface area contributed by atoms with Crippen molar-refractivity contribution >= 4 is 11.9 Å². The van der Waals surface area contributed by atoms with Crippen LogP contribution in [0, 0.1) is 0 Å². The van der Waals surface area contributed by atoms with Crippen LogP contribution in [0.15, 0.2) is 60.8 Å². The maximum absolute atomic E-state index is 12.5. The van der Waals surface area contributed by atoms with Crippen molar-refractivity contribution in [2.24, 2.45) is 0 Å². The van der Waals surface area contributed by atoms with Crippen LogP contribution < -0.4 is 5.32 Å². The van der Waals surface area contributed by atoms with E-state index in [0.717, 1.165) is 89.9 Å². The maximum atomic E-state index is 12.5. The smallest absolute Gasteiger partial charge is 0.305 e. The minimum atomic E-state index is -0.858. The van der Waals surface area contributed by atoms with Crippen molar-refractivity contribution in [2.45, 2.75) is 341 Å². The molecule has 2 unspecified atom stereocenters. The minimum absolute atomic E-state index is 0.0243. The Bertz CT molecular complexity index is 1270. The predicted octanol–water partition coefficient (Wildman–Crippen LogP) is 20.3. The molecule has 6 nitrogen and oxygen atoms in total. The molecule has 0 radical (unpaired) electrons. The van der Waals surface area contributed by atoms with Crippen LogP contribution in [-0.4, -0.2) is 47.4 Å². The number of hydrogen-bond donors (Lipinski definition) is 3. The van der Waals surface area contributed by atoms with Gasteiger partial charge >= 0.3 is 5.97 Å². The summed E-state index contributed by atoms with van der Waals surface area (Å²) in [5, 5.41) is 23.2. The number of esters is 1. The average molecular weight is 1020 g/mol. The number of aliphatic hydroxyl groups excluding tert-OH is 2. The normalized spacial score (nSPS) is 13.0. The van der Waals surface area contributed by atoms with Gasteiger partial charge in [-0.3, -0.25) is 9.59 Å². The van der Waals surface area contributed by atoms with E-state index in [-0.39, 0.29) is 18.5 Å². The zero-order valence-electron chi connectivity index (χ0n) is 48.6. The number of ether oxygens (including phenoxy) is 1. The molecular formula is C67H123NO5. The largest absolute Gasteiger partial charge is 0.466 e. The van der Waals surface area contributed by atoms with Crippen molar-refractivity contribution in [3.8, 4) is 0 Å². The molecule has 0 bridgehead atoms. The second-order valence-corrected chi connectivity index (χ2v) is 21.7. The SMILES string of the molecule is CCCCC/C=C\C/C=C\CCCCCCCCCC(=O)OCCCCC/C=C\C/C=C\CCCCCCCCCC(=O)NC(CO)C(O)/C=C/CCCCCCCCCCCCCCCCCCCCCC. The fourth-order valence-corrected chi connectivity index (χ4v) is 9.58. The highest BCUT2D eigenvalue weighted by molar-refractivity contribution is 5.76. The summed E-state index contributed by atoms with van der Waals surface area (Å²) in [5.41, 5.74) is 0. The lowest BCUT2D eigenvalue weighted by Crippen LogP contribution is -2.45. The Hall–Kier alpha value is -2.44. The molecule has 0 aliphatic heterocycles. The van der Waals surface area contributed by atoms with Crippen LogP contribution in [0.25, 0.3) is 0 Å². The third kappa shape index (κ3) is 58.7. The van der Waals surface area contributed by atoms with Gasteiger partial charge in [-0.05, 0) is 103 Å². The molecule has 0 saturated heterocycles. The van der Waals surface area contributed by atoms with Crippen LogP contribution in [-0.2, 0) is 14.3 Å². The summed E-state index contributed by atoms with van der Waals surface area (Å²) < 4.78 is 5.46. The van der Waals surface area contributed by atoms with E-state index >= 15 is 0 Å². The fraction of sp³-hybridized carbons (Fsp3) is 0.821. The fourth-order valence-electron chi connectivity index (χ4n) is 9.58. The van der Waals surface area contributed by atoms with E-state index in [4.69, 9.17) is 4.74 Å². The zero-order chi connectivity index (χ0) is 52.9. The van der Waals surface area contributed by atoms with Crippen molar-refractivity contribution in [2.75, 3.05) is 13.2 Å². The van der Waals surface area contributed by atoms with Crippen LogP contribution in [0.3, 0.4) is 0 Å². The van der Waals surface area contributed by atoms with Crippen LogP contribution >= 0.6 is 0 Å². The number of allylic oxidation sites excluding steroid dienone is 9. The van der Waals surface area contributed by atoms with E-state index in [1.807, 2.05) is 6.08 Å². The second-order valence-electron chi connectivity index (χ2n) is 21.7. The molecule has 0 heterocycles. The van der Waals surface area contributed by atoms with E-state index in [2.05, 4.69) is 67.8 Å². The van der Waals surface area contributed by atoms with Gasteiger partial charge in [-0.2, -0.15) is 0 Å².